The van der Waals surface area contributed by atoms with Crippen LogP contribution in [0.1, 0.15) is 27.7 Å². The average molecular weight is 277 g/mol. The number of amides is 1. The van der Waals surface area contributed by atoms with Crippen molar-refractivity contribution in [2.45, 2.75) is 40.0 Å². The Bertz CT molecular complexity index is 265. The van der Waals surface area contributed by atoms with Crippen molar-refractivity contribution >= 4 is 12.1 Å². The van der Waals surface area contributed by atoms with Crippen molar-refractivity contribution in [2.24, 2.45) is 0 Å². The van der Waals surface area contributed by atoms with Crippen LogP contribution in [0.25, 0.3) is 0 Å². The van der Waals surface area contributed by atoms with Crippen molar-refractivity contribution in [1.29, 1.82) is 0 Å². The summed E-state index contributed by atoms with van der Waals surface area (Å²) in [5.74, 6) is -0.623. The van der Waals surface area contributed by atoms with Gasteiger partial charge in [-0.15, -0.1) is 0 Å². The number of alkyl carbamates (subject to hydrolysis) is 1. The molecule has 0 aliphatic rings. The molecule has 19 heavy (non-hydrogen) atoms. The highest BCUT2D eigenvalue weighted by atomic mass is 16.7. The molecule has 0 radical (unpaired) electrons. The summed E-state index contributed by atoms with van der Waals surface area (Å²) in [5, 5.41) is 2.39. The number of ether oxygens (including phenoxy) is 4. The van der Waals surface area contributed by atoms with Gasteiger partial charge in [0.1, 0.15) is 0 Å². The minimum Gasteiger partial charge on any atom is -0.464 e. The lowest BCUT2D eigenvalue weighted by molar-refractivity contribution is -0.178. The Balaban J connectivity index is 4.78. The number of carbonyl (C=O) groups excluding carboxylic acids is 2. The quantitative estimate of drug-likeness (QED) is 0.501. The molecule has 0 spiro atoms. The van der Waals surface area contributed by atoms with Gasteiger partial charge in [-0.3, -0.25) is 0 Å². The van der Waals surface area contributed by atoms with E-state index >= 15 is 0 Å². The maximum absolute atomic E-state index is 11.8. The third kappa shape index (κ3) is 6.97. The van der Waals surface area contributed by atoms with Gasteiger partial charge >= 0.3 is 12.1 Å². The first-order valence-corrected chi connectivity index (χ1v) is 6.43. The van der Waals surface area contributed by atoms with Crippen LogP contribution in [-0.2, 0) is 23.7 Å². The summed E-state index contributed by atoms with van der Waals surface area (Å²) in [7, 11) is 0. The van der Waals surface area contributed by atoms with E-state index in [9.17, 15) is 9.59 Å². The van der Waals surface area contributed by atoms with Gasteiger partial charge in [0.2, 0.25) is 0 Å². The van der Waals surface area contributed by atoms with Crippen LogP contribution in [-0.4, -0.2) is 50.8 Å². The topological polar surface area (TPSA) is 83.1 Å². The van der Waals surface area contributed by atoms with Gasteiger partial charge in [-0.05, 0) is 27.7 Å². The van der Waals surface area contributed by atoms with Crippen molar-refractivity contribution in [1.82, 2.24) is 5.32 Å². The number of hydrogen-bond acceptors (Lipinski definition) is 6. The summed E-state index contributed by atoms with van der Waals surface area (Å²) in [5.41, 5.74) is 0. The fourth-order valence-electron chi connectivity index (χ4n) is 1.34. The number of esters is 1. The largest absolute Gasteiger partial charge is 0.464 e. The van der Waals surface area contributed by atoms with Gasteiger partial charge in [-0.1, -0.05) is 0 Å². The van der Waals surface area contributed by atoms with Gasteiger partial charge < -0.3 is 24.3 Å². The number of nitrogens with one attached hydrogen (secondary N) is 1. The molecule has 0 fully saturated rings. The molecule has 1 N–H and O–H groups in total. The summed E-state index contributed by atoms with van der Waals surface area (Å²) in [4.78, 5) is 23.2. The first-order valence-electron chi connectivity index (χ1n) is 6.43. The molecule has 0 aliphatic carbocycles. The maximum Gasteiger partial charge on any atom is 0.407 e. The molecule has 112 valence electrons. The van der Waals surface area contributed by atoms with Crippen LogP contribution in [0.3, 0.4) is 0 Å². The zero-order chi connectivity index (χ0) is 14.7. The fourth-order valence-corrected chi connectivity index (χ4v) is 1.34. The van der Waals surface area contributed by atoms with Crippen LogP contribution in [0.15, 0.2) is 0 Å². The van der Waals surface area contributed by atoms with E-state index in [0.29, 0.717) is 13.2 Å². The van der Waals surface area contributed by atoms with Crippen LogP contribution >= 0.6 is 0 Å². The Kier molecular flexibility index (Phi) is 9.82. The Labute approximate surface area is 113 Å². The van der Waals surface area contributed by atoms with E-state index in [1.807, 2.05) is 0 Å². The minimum atomic E-state index is -1.06. The normalized spacial score (nSPS) is 12.1. The Morgan fingerprint density at radius 2 is 1.42 bits per heavy atom. The second kappa shape index (κ2) is 10.6. The monoisotopic (exact) mass is 277 g/mol. The predicted octanol–water partition coefficient (Wildman–Crippen LogP) is 1.06. The van der Waals surface area contributed by atoms with Gasteiger partial charge in [0.05, 0.1) is 13.2 Å². The predicted molar refractivity (Wildman–Crippen MR) is 67.6 cm³/mol. The van der Waals surface area contributed by atoms with Gasteiger partial charge in [0.25, 0.3) is 0 Å². The van der Waals surface area contributed by atoms with Crippen LogP contribution in [0.4, 0.5) is 4.79 Å². The van der Waals surface area contributed by atoms with Crippen LogP contribution in [0.5, 0.6) is 0 Å². The lowest BCUT2D eigenvalue weighted by atomic mass is 10.3. The van der Waals surface area contributed by atoms with Crippen molar-refractivity contribution < 1.29 is 28.5 Å². The van der Waals surface area contributed by atoms with Crippen LogP contribution in [0.2, 0.25) is 0 Å². The molecule has 0 rings (SSSR count). The molecule has 0 saturated carbocycles. The molecule has 1 atom stereocenters. The van der Waals surface area contributed by atoms with E-state index < -0.39 is 24.4 Å². The van der Waals surface area contributed by atoms with Crippen LogP contribution in [0, 0.1) is 0 Å². The molecular weight excluding hydrogens is 254 g/mol. The first-order chi connectivity index (χ1) is 9.10. The molecule has 0 bridgehead atoms. The van der Waals surface area contributed by atoms with E-state index in [1.54, 1.807) is 27.7 Å². The third-order valence-electron chi connectivity index (χ3n) is 2.02. The first kappa shape index (κ1) is 17.7. The van der Waals surface area contributed by atoms with Gasteiger partial charge in [0, 0.05) is 13.2 Å². The molecule has 0 aliphatic heterocycles. The van der Waals surface area contributed by atoms with Crippen molar-refractivity contribution in [3.8, 4) is 0 Å². The third-order valence-corrected chi connectivity index (χ3v) is 2.02. The lowest BCUT2D eigenvalue weighted by Crippen LogP contribution is -2.51. The Morgan fingerprint density at radius 1 is 0.895 bits per heavy atom. The number of carbonyl (C=O) groups is 2. The zero-order valence-corrected chi connectivity index (χ0v) is 11.9. The smallest absolute Gasteiger partial charge is 0.407 e. The lowest BCUT2D eigenvalue weighted by Gasteiger charge is -2.25. The highest BCUT2D eigenvalue weighted by Gasteiger charge is 2.33. The molecule has 0 aromatic carbocycles. The highest BCUT2D eigenvalue weighted by molar-refractivity contribution is 5.81. The molecule has 1 amide bonds. The van der Waals surface area contributed by atoms with Gasteiger partial charge in [-0.25, -0.2) is 9.59 Å². The molecule has 0 saturated heterocycles. The molecular formula is C12H23NO6. The number of hydrogen-bond donors (Lipinski definition) is 1. The van der Waals surface area contributed by atoms with E-state index in [-0.39, 0.29) is 13.2 Å². The zero-order valence-electron chi connectivity index (χ0n) is 11.9. The van der Waals surface area contributed by atoms with Crippen molar-refractivity contribution in [2.75, 3.05) is 26.4 Å². The van der Waals surface area contributed by atoms with E-state index in [2.05, 4.69) is 5.32 Å². The Hall–Kier alpha value is -1.34. The summed E-state index contributed by atoms with van der Waals surface area (Å²) in [6.07, 6.45) is -1.62. The molecule has 0 aromatic heterocycles. The molecule has 7 nitrogen and oxygen atoms in total. The average Bonchev–Trinajstić information content (AvgIpc) is 2.36. The maximum atomic E-state index is 11.8. The van der Waals surface area contributed by atoms with E-state index in [0.717, 1.165) is 0 Å². The second-order valence-corrected chi connectivity index (χ2v) is 3.37. The second-order valence-electron chi connectivity index (χ2n) is 3.37. The van der Waals surface area contributed by atoms with Crippen LogP contribution < -0.4 is 5.32 Å². The van der Waals surface area contributed by atoms with Gasteiger partial charge in [-0.2, -0.15) is 0 Å². The molecule has 0 unspecified atom stereocenters. The highest BCUT2D eigenvalue weighted by Crippen LogP contribution is 2.05. The summed E-state index contributed by atoms with van der Waals surface area (Å²) in [6.45, 7) is 7.95. The van der Waals surface area contributed by atoms with Crippen molar-refractivity contribution in [3.63, 3.8) is 0 Å². The molecule has 0 heterocycles. The summed E-state index contributed by atoms with van der Waals surface area (Å²) < 4.78 is 20.2. The summed E-state index contributed by atoms with van der Waals surface area (Å²) >= 11 is 0. The molecule has 7 heteroatoms. The number of rotatable bonds is 9. The SMILES string of the molecule is CCOC(=O)N[C@@H](C(=O)OCC)C(OCC)OCC. The van der Waals surface area contributed by atoms with E-state index in [1.165, 1.54) is 0 Å². The molecule has 0 aromatic rings. The summed E-state index contributed by atoms with van der Waals surface area (Å²) in [6, 6.07) is -1.06. The fraction of sp³-hybridized carbons (Fsp3) is 0.833. The minimum absolute atomic E-state index is 0.199. The Morgan fingerprint density at radius 3 is 1.84 bits per heavy atom. The van der Waals surface area contributed by atoms with Gasteiger partial charge in [0.15, 0.2) is 12.3 Å². The van der Waals surface area contributed by atoms with E-state index in [4.69, 9.17) is 18.9 Å². The van der Waals surface area contributed by atoms with Crippen molar-refractivity contribution in [3.05, 3.63) is 0 Å². The standard InChI is InChI=1S/C12H23NO6/c1-5-16-10(14)9(13-12(15)19-8-4)11(17-6-2)18-7-3/h9,11H,5-8H2,1-4H3,(H,13,15)/t9-/m0/s1.